The summed E-state index contributed by atoms with van der Waals surface area (Å²) in [6, 6.07) is -0.785. The number of carbonyl (C=O) groups excluding carboxylic acids is 1. The van der Waals surface area contributed by atoms with Crippen LogP contribution in [-0.4, -0.2) is 47.8 Å². The van der Waals surface area contributed by atoms with Crippen LogP contribution in [0.25, 0.3) is 0 Å². The third-order valence-electron chi connectivity index (χ3n) is 11.4. The number of aliphatic hydroxyl groups is 1. The zero-order valence-electron chi connectivity index (χ0n) is 40.4. The van der Waals surface area contributed by atoms with Crippen molar-refractivity contribution in [2.24, 2.45) is 5.73 Å². The van der Waals surface area contributed by atoms with Gasteiger partial charge in [-0.1, -0.05) is 235 Å². The lowest BCUT2D eigenvalue weighted by atomic mass is 10.0. The van der Waals surface area contributed by atoms with Crippen molar-refractivity contribution in [3.05, 3.63) is 60.8 Å². The molecule has 0 aromatic carbocycles. The molecule has 0 spiro atoms. The Hall–Kier alpha value is -1.80. The minimum absolute atomic E-state index is 0.0846. The molecule has 3 unspecified atom stereocenters. The topological polar surface area (TPSA) is 131 Å². The first-order valence-electron chi connectivity index (χ1n) is 25.9. The van der Waals surface area contributed by atoms with E-state index in [1.165, 1.54) is 128 Å². The van der Waals surface area contributed by atoms with Crippen LogP contribution >= 0.6 is 7.82 Å². The Labute approximate surface area is 383 Å². The molecular formula is C53H99N2O6P. The van der Waals surface area contributed by atoms with Crippen molar-refractivity contribution in [1.29, 1.82) is 0 Å². The predicted molar refractivity (Wildman–Crippen MR) is 267 cm³/mol. The number of amides is 1. The van der Waals surface area contributed by atoms with Gasteiger partial charge in [-0.25, -0.2) is 4.57 Å². The number of phosphoric acid groups is 1. The minimum atomic E-state index is -4.33. The van der Waals surface area contributed by atoms with E-state index in [0.29, 0.717) is 12.8 Å². The van der Waals surface area contributed by atoms with Gasteiger partial charge in [-0.2, -0.15) is 0 Å². The average molecular weight is 891 g/mol. The number of carbonyl (C=O) groups is 1. The molecule has 0 fully saturated rings. The molecule has 0 saturated carbocycles. The molecule has 0 bridgehead atoms. The summed E-state index contributed by atoms with van der Waals surface area (Å²) in [7, 11) is -4.33. The molecule has 8 nitrogen and oxygen atoms in total. The number of phosphoric ester groups is 1. The van der Waals surface area contributed by atoms with Crippen LogP contribution in [0.2, 0.25) is 0 Å². The lowest BCUT2D eigenvalue weighted by Crippen LogP contribution is -2.46. The summed E-state index contributed by atoms with van der Waals surface area (Å²) in [5.74, 6) is -0.172. The van der Waals surface area contributed by atoms with Crippen LogP contribution in [-0.2, 0) is 18.4 Å². The monoisotopic (exact) mass is 891 g/mol. The normalized spacial score (nSPS) is 14.3. The Morgan fingerprint density at radius 2 is 0.935 bits per heavy atom. The lowest BCUT2D eigenvalue weighted by Gasteiger charge is -2.25. The van der Waals surface area contributed by atoms with Crippen molar-refractivity contribution < 1.29 is 28.4 Å². The minimum Gasteiger partial charge on any atom is -0.391 e. The van der Waals surface area contributed by atoms with Gasteiger partial charge < -0.3 is 21.1 Å². The highest BCUT2D eigenvalue weighted by Gasteiger charge is 2.27. The van der Waals surface area contributed by atoms with Crippen molar-refractivity contribution in [1.82, 2.24) is 5.32 Å². The first kappa shape index (κ1) is 60.2. The molecule has 0 aromatic heterocycles. The fourth-order valence-corrected chi connectivity index (χ4v) is 8.28. The molecule has 0 aromatic rings. The maximum Gasteiger partial charge on any atom is 0.472 e. The zero-order chi connectivity index (χ0) is 45.3. The summed E-state index contributed by atoms with van der Waals surface area (Å²) in [5, 5.41) is 13.9. The third-order valence-corrected chi connectivity index (χ3v) is 12.4. The number of aliphatic hydroxyl groups excluding tert-OH is 1. The van der Waals surface area contributed by atoms with Crippen LogP contribution in [0.3, 0.4) is 0 Å². The molecule has 1 amide bonds. The highest BCUT2D eigenvalue weighted by Crippen LogP contribution is 2.43. The van der Waals surface area contributed by atoms with Gasteiger partial charge in [0, 0.05) is 13.0 Å². The van der Waals surface area contributed by atoms with E-state index < -0.39 is 20.0 Å². The first-order valence-corrected chi connectivity index (χ1v) is 27.4. The van der Waals surface area contributed by atoms with Gasteiger partial charge in [-0.3, -0.25) is 13.8 Å². The van der Waals surface area contributed by atoms with Gasteiger partial charge >= 0.3 is 7.82 Å². The molecular weight excluding hydrogens is 792 g/mol. The van der Waals surface area contributed by atoms with E-state index in [2.05, 4.69) is 79.9 Å². The maximum atomic E-state index is 12.9. The molecule has 362 valence electrons. The Bertz CT molecular complexity index is 1150. The van der Waals surface area contributed by atoms with Gasteiger partial charge in [0.05, 0.1) is 25.4 Å². The maximum absolute atomic E-state index is 12.9. The number of nitrogens with two attached hydrogens (primary N) is 1. The number of unbranched alkanes of at least 4 members (excludes halogenated alkanes) is 26. The van der Waals surface area contributed by atoms with Crippen molar-refractivity contribution in [2.75, 3.05) is 19.8 Å². The van der Waals surface area contributed by atoms with E-state index in [1.807, 2.05) is 0 Å². The van der Waals surface area contributed by atoms with Crippen molar-refractivity contribution in [3.63, 3.8) is 0 Å². The van der Waals surface area contributed by atoms with Crippen LogP contribution in [0.1, 0.15) is 239 Å². The number of hydrogen-bond donors (Lipinski definition) is 4. The Morgan fingerprint density at radius 3 is 1.37 bits per heavy atom. The summed E-state index contributed by atoms with van der Waals surface area (Å²) in [6.45, 7) is 4.11. The van der Waals surface area contributed by atoms with Gasteiger partial charge in [0.15, 0.2) is 0 Å². The van der Waals surface area contributed by atoms with E-state index >= 15 is 0 Å². The Morgan fingerprint density at radius 1 is 0.548 bits per heavy atom. The summed E-state index contributed by atoms with van der Waals surface area (Å²) < 4.78 is 22.3. The molecule has 0 aliphatic carbocycles. The quantitative estimate of drug-likeness (QED) is 0.0272. The zero-order valence-corrected chi connectivity index (χ0v) is 41.2. The molecule has 0 aliphatic rings. The summed E-state index contributed by atoms with van der Waals surface area (Å²) in [5.41, 5.74) is 5.40. The van der Waals surface area contributed by atoms with Gasteiger partial charge in [0.25, 0.3) is 0 Å². The van der Waals surface area contributed by atoms with E-state index in [9.17, 15) is 19.4 Å². The van der Waals surface area contributed by atoms with Gasteiger partial charge in [0.2, 0.25) is 5.91 Å². The fraction of sp³-hybridized carbons (Fsp3) is 0.792. The highest BCUT2D eigenvalue weighted by molar-refractivity contribution is 7.47. The molecule has 0 rings (SSSR count). The van der Waals surface area contributed by atoms with Crippen LogP contribution in [0.5, 0.6) is 0 Å². The molecule has 0 heterocycles. The van der Waals surface area contributed by atoms with Gasteiger partial charge in [-0.05, 0) is 57.8 Å². The molecule has 0 aliphatic heterocycles. The molecule has 5 N–H and O–H groups in total. The molecule has 3 atom stereocenters. The van der Waals surface area contributed by atoms with E-state index in [4.69, 9.17) is 14.8 Å². The van der Waals surface area contributed by atoms with E-state index in [1.54, 1.807) is 0 Å². The second kappa shape index (κ2) is 48.7. The van der Waals surface area contributed by atoms with Gasteiger partial charge in [0.1, 0.15) is 0 Å². The van der Waals surface area contributed by atoms with Crippen molar-refractivity contribution in [3.8, 4) is 0 Å². The molecule has 9 heteroatoms. The first-order chi connectivity index (χ1) is 30.4. The number of allylic oxidation sites excluding steroid dienone is 10. The Balaban J connectivity index is 4.09. The van der Waals surface area contributed by atoms with E-state index in [-0.39, 0.29) is 25.7 Å². The van der Waals surface area contributed by atoms with Crippen LogP contribution in [0.15, 0.2) is 60.8 Å². The standard InChI is InChI=1S/C53H99N2O6P/c1-3-5-7-9-11-13-15-17-19-21-23-25-26-27-29-31-33-35-37-39-41-43-45-47-53(57)55-51(50-61-62(58,59)60-49-48-54)52(56)46-44-42-40-38-36-34-32-30-28-24-22-20-18-16-14-12-10-8-6-4-2/h5,7,11,13,17,19,23,25,27,29,51-52,56H,3-4,6,8-10,12,14-16,18,20-22,24,26,28,30-50,54H2,1-2H3,(H,55,57)(H,58,59)/b7-5-,13-11-,19-17-,25-23-,29-27-. The molecule has 0 saturated heterocycles. The summed E-state index contributed by atoms with van der Waals surface area (Å²) in [6.07, 6.45) is 62.4. The largest absolute Gasteiger partial charge is 0.472 e. The number of hydrogen-bond acceptors (Lipinski definition) is 6. The Kier molecular flexibility index (Phi) is 47.2. The average Bonchev–Trinajstić information content (AvgIpc) is 3.26. The highest BCUT2D eigenvalue weighted by atomic mass is 31.2. The van der Waals surface area contributed by atoms with E-state index in [0.717, 1.165) is 83.5 Å². The lowest BCUT2D eigenvalue weighted by molar-refractivity contribution is -0.123. The van der Waals surface area contributed by atoms with Crippen molar-refractivity contribution in [2.45, 2.75) is 251 Å². The van der Waals surface area contributed by atoms with Crippen molar-refractivity contribution >= 4 is 13.7 Å². The predicted octanol–water partition coefficient (Wildman–Crippen LogP) is 15.4. The summed E-state index contributed by atoms with van der Waals surface area (Å²) in [4.78, 5) is 22.9. The fourth-order valence-electron chi connectivity index (χ4n) is 7.52. The van der Waals surface area contributed by atoms with Crippen LogP contribution in [0, 0.1) is 0 Å². The second-order valence-corrected chi connectivity index (χ2v) is 18.8. The number of rotatable bonds is 48. The molecule has 0 radical (unpaired) electrons. The SMILES string of the molecule is CC/C=C\C/C=C\C/C=C\C/C=C\C/C=C\CCCCCCCCCC(=O)NC(COP(=O)(O)OCCN)C(O)CCCCCCCCCCCCCCCCCCCCCC. The van der Waals surface area contributed by atoms with Gasteiger partial charge in [-0.15, -0.1) is 0 Å². The summed E-state index contributed by atoms with van der Waals surface area (Å²) >= 11 is 0. The smallest absolute Gasteiger partial charge is 0.391 e. The molecule has 62 heavy (non-hydrogen) atoms. The van der Waals surface area contributed by atoms with Crippen LogP contribution < -0.4 is 11.1 Å². The van der Waals surface area contributed by atoms with Crippen LogP contribution in [0.4, 0.5) is 0 Å². The second-order valence-electron chi connectivity index (χ2n) is 17.4. The third kappa shape index (κ3) is 46.2. The number of nitrogens with one attached hydrogen (secondary N) is 1.